The Morgan fingerprint density at radius 3 is 2.34 bits per heavy atom. The first-order chi connectivity index (χ1) is 15.3. The molecule has 1 aromatic rings. The molecule has 8 heteroatoms. The summed E-state index contributed by atoms with van der Waals surface area (Å²) in [5.41, 5.74) is 0.955. The van der Waals surface area contributed by atoms with E-state index in [4.69, 9.17) is 9.47 Å². The topological polar surface area (TPSA) is 114 Å². The van der Waals surface area contributed by atoms with Gasteiger partial charge in [-0.05, 0) is 42.7 Å². The van der Waals surface area contributed by atoms with Crippen molar-refractivity contribution >= 4 is 23.9 Å². The van der Waals surface area contributed by atoms with Crippen molar-refractivity contribution in [2.75, 3.05) is 7.11 Å². The Labute approximate surface area is 188 Å². The van der Waals surface area contributed by atoms with Crippen LogP contribution >= 0.6 is 0 Å². The fraction of sp³-hybridized carbons (Fsp3) is 0.458. The monoisotopic (exact) mass is 444 g/mol. The molecule has 0 spiro atoms. The Bertz CT molecular complexity index is 858. The van der Waals surface area contributed by atoms with E-state index in [0.29, 0.717) is 5.75 Å². The van der Waals surface area contributed by atoms with Crippen LogP contribution in [-0.4, -0.2) is 54.3 Å². The van der Waals surface area contributed by atoms with Crippen LogP contribution in [0, 0.1) is 0 Å². The van der Waals surface area contributed by atoms with Crippen LogP contribution in [0.25, 0.3) is 6.08 Å². The molecule has 0 unspecified atom stereocenters. The summed E-state index contributed by atoms with van der Waals surface area (Å²) >= 11 is 0. The first-order valence-electron chi connectivity index (χ1n) is 10.8. The number of amides is 2. The highest BCUT2D eigenvalue weighted by molar-refractivity contribution is 5.92. The van der Waals surface area contributed by atoms with E-state index >= 15 is 0 Å². The van der Waals surface area contributed by atoms with Gasteiger partial charge in [0.2, 0.25) is 11.8 Å². The highest BCUT2D eigenvalue weighted by atomic mass is 16.5. The van der Waals surface area contributed by atoms with Crippen molar-refractivity contribution in [3.05, 3.63) is 47.6 Å². The molecule has 0 saturated carbocycles. The second-order valence-corrected chi connectivity index (χ2v) is 7.69. The average molecular weight is 445 g/mol. The predicted molar refractivity (Wildman–Crippen MR) is 121 cm³/mol. The van der Waals surface area contributed by atoms with Crippen molar-refractivity contribution < 1.29 is 29.0 Å². The van der Waals surface area contributed by atoms with E-state index in [0.717, 1.165) is 18.4 Å². The molecule has 0 radical (unpaired) electrons. The molecule has 1 aliphatic carbocycles. The highest BCUT2D eigenvalue weighted by Crippen LogP contribution is 2.24. The molecule has 1 aromatic carbocycles. The molecular formula is C24H32N2O6. The number of benzene rings is 1. The molecule has 174 valence electrons. The number of hydrogen-bond acceptors (Lipinski definition) is 5. The molecule has 0 heterocycles. The summed E-state index contributed by atoms with van der Waals surface area (Å²) in [6, 6.07) is 5.98. The Morgan fingerprint density at radius 2 is 1.81 bits per heavy atom. The minimum Gasteiger partial charge on any atom is -0.497 e. The third-order valence-electron chi connectivity index (χ3n) is 5.37. The van der Waals surface area contributed by atoms with Gasteiger partial charge >= 0.3 is 5.97 Å². The summed E-state index contributed by atoms with van der Waals surface area (Å²) in [5, 5.41) is 15.2. The van der Waals surface area contributed by atoms with Crippen LogP contribution in [-0.2, 0) is 19.1 Å². The number of carbonyl (C=O) groups is 3. The van der Waals surface area contributed by atoms with E-state index < -0.39 is 30.1 Å². The number of hydrogen-bond donors (Lipinski definition) is 3. The third kappa shape index (κ3) is 7.23. The van der Waals surface area contributed by atoms with Crippen LogP contribution in [0.2, 0.25) is 0 Å². The Hall–Kier alpha value is -3.13. The van der Waals surface area contributed by atoms with Crippen molar-refractivity contribution in [1.82, 2.24) is 10.6 Å². The zero-order valence-corrected chi connectivity index (χ0v) is 19.0. The quantitative estimate of drug-likeness (QED) is 0.478. The van der Waals surface area contributed by atoms with Crippen molar-refractivity contribution in [2.45, 2.75) is 64.3 Å². The number of carbonyl (C=O) groups excluding carboxylic acids is 2. The molecule has 2 amide bonds. The molecule has 0 bridgehead atoms. The van der Waals surface area contributed by atoms with Crippen LogP contribution in [0.5, 0.6) is 5.75 Å². The Balaban J connectivity index is 2.21. The zero-order chi connectivity index (χ0) is 23.7. The van der Waals surface area contributed by atoms with Gasteiger partial charge in [0, 0.05) is 25.0 Å². The lowest BCUT2D eigenvalue weighted by molar-refractivity contribution is -0.133. The van der Waals surface area contributed by atoms with Gasteiger partial charge in [-0.2, -0.15) is 0 Å². The van der Waals surface area contributed by atoms with Gasteiger partial charge < -0.3 is 25.2 Å². The average Bonchev–Trinajstić information content (AvgIpc) is 2.77. The molecule has 8 nitrogen and oxygen atoms in total. The van der Waals surface area contributed by atoms with Crippen molar-refractivity contribution in [3.63, 3.8) is 0 Å². The van der Waals surface area contributed by atoms with Crippen LogP contribution < -0.4 is 15.4 Å². The summed E-state index contributed by atoms with van der Waals surface area (Å²) in [6.45, 7) is 5.35. The first-order valence-corrected chi connectivity index (χ1v) is 10.8. The molecular weight excluding hydrogens is 412 g/mol. The number of carboxylic acids is 1. The fourth-order valence-electron chi connectivity index (χ4n) is 3.62. The van der Waals surface area contributed by atoms with E-state index in [1.165, 1.54) is 19.1 Å². The summed E-state index contributed by atoms with van der Waals surface area (Å²) in [5.74, 6) is -1.04. The molecule has 0 saturated heterocycles. The van der Waals surface area contributed by atoms with E-state index in [1.54, 1.807) is 25.3 Å². The van der Waals surface area contributed by atoms with Gasteiger partial charge in [-0.15, -0.1) is 0 Å². The predicted octanol–water partition coefficient (Wildman–Crippen LogP) is 2.69. The Morgan fingerprint density at radius 1 is 1.16 bits per heavy atom. The maximum absolute atomic E-state index is 12.6. The van der Waals surface area contributed by atoms with E-state index in [-0.39, 0.29) is 24.0 Å². The second-order valence-electron chi connectivity index (χ2n) is 7.69. The second kappa shape index (κ2) is 12.0. The molecule has 0 aliphatic heterocycles. The van der Waals surface area contributed by atoms with Crippen molar-refractivity contribution in [1.29, 1.82) is 0 Å². The van der Waals surface area contributed by atoms with Crippen LogP contribution in [0.1, 0.15) is 45.6 Å². The minimum absolute atomic E-state index is 0.0746. The molecule has 32 heavy (non-hydrogen) atoms. The number of carboxylic acid groups (broad SMARTS) is 1. The molecule has 3 N–H and O–H groups in total. The van der Waals surface area contributed by atoms with Gasteiger partial charge in [0.05, 0.1) is 31.4 Å². The normalized spacial score (nSPS) is 20.7. The lowest BCUT2D eigenvalue weighted by atomic mass is 9.87. The minimum atomic E-state index is -1.07. The SMILES string of the molecule is CCC(CC)O[C@@H]1C=C(C(=O)O)C[C@H](NC(=O)/C=C/c2ccc(OC)cc2)[C@H]1NC(C)=O. The number of rotatable bonds is 10. The largest absolute Gasteiger partial charge is 0.497 e. The maximum Gasteiger partial charge on any atom is 0.331 e. The van der Waals surface area contributed by atoms with Crippen LogP contribution in [0.3, 0.4) is 0 Å². The number of nitrogens with one attached hydrogen (secondary N) is 2. The maximum atomic E-state index is 12.6. The van der Waals surface area contributed by atoms with Gasteiger partial charge in [-0.25, -0.2) is 4.79 Å². The molecule has 2 rings (SSSR count). The molecule has 0 aromatic heterocycles. The van der Waals surface area contributed by atoms with Gasteiger partial charge in [-0.1, -0.05) is 26.0 Å². The van der Waals surface area contributed by atoms with Gasteiger partial charge in [0.25, 0.3) is 0 Å². The van der Waals surface area contributed by atoms with Crippen LogP contribution in [0.4, 0.5) is 0 Å². The van der Waals surface area contributed by atoms with Crippen LogP contribution in [0.15, 0.2) is 42.0 Å². The van der Waals surface area contributed by atoms with Crippen molar-refractivity contribution in [3.8, 4) is 5.75 Å². The molecule has 3 atom stereocenters. The van der Waals surface area contributed by atoms with E-state index in [1.807, 2.05) is 26.0 Å². The van der Waals surface area contributed by atoms with Gasteiger partial charge in [0.15, 0.2) is 0 Å². The zero-order valence-electron chi connectivity index (χ0n) is 19.0. The standard InChI is InChI=1S/C24H32N2O6/c1-5-18(6-2)32-21-14-17(24(29)30)13-20(23(21)25-15(3)27)26-22(28)12-9-16-7-10-19(31-4)11-8-16/h7-12,14,18,20-21,23H,5-6,13H2,1-4H3,(H,25,27)(H,26,28)(H,29,30)/b12-9+/t20-,21+,23+/m0/s1. The van der Waals surface area contributed by atoms with Gasteiger partial charge in [0.1, 0.15) is 5.75 Å². The lowest BCUT2D eigenvalue weighted by Gasteiger charge is -2.38. The molecule has 1 aliphatic rings. The number of ether oxygens (including phenoxy) is 2. The van der Waals surface area contributed by atoms with E-state index in [9.17, 15) is 19.5 Å². The summed E-state index contributed by atoms with van der Waals surface area (Å²) in [7, 11) is 1.58. The fourth-order valence-corrected chi connectivity index (χ4v) is 3.62. The van der Waals surface area contributed by atoms with Crippen molar-refractivity contribution in [2.24, 2.45) is 0 Å². The Kier molecular flexibility index (Phi) is 9.46. The third-order valence-corrected chi connectivity index (χ3v) is 5.37. The smallest absolute Gasteiger partial charge is 0.331 e. The molecule has 0 fully saturated rings. The first kappa shape index (κ1) is 25.1. The van der Waals surface area contributed by atoms with Gasteiger partial charge in [-0.3, -0.25) is 9.59 Å². The summed E-state index contributed by atoms with van der Waals surface area (Å²) in [6.07, 6.45) is 5.38. The van der Waals surface area contributed by atoms with E-state index in [2.05, 4.69) is 10.6 Å². The number of methoxy groups -OCH3 is 1. The summed E-state index contributed by atoms with van der Waals surface area (Å²) in [4.78, 5) is 36.2. The summed E-state index contributed by atoms with van der Waals surface area (Å²) < 4.78 is 11.2. The lowest BCUT2D eigenvalue weighted by Crippen LogP contribution is -2.59. The number of aliphatic carboxylic acids is 1. The highest BCUT2D eigenvalue weighted by Gasteiger charge is 2.38.